The van der Waals surface area contributed by atoms with E-state index in [4.69, 9.17) is 0 Å². The van der Waals surface area contributed by atoms with Crippen LogP contribution in [-0.2, 0) is 6.42 Å². The van der Waals surface area contributed by atoms with E-state index < -0.39 is 5.24 Å². The summed E-state index contributed by atoms with van der Waals surface area (Å²) in [6.07, 6.45) is 2.32. The second-order valence-corrected chi connectivity index (χ2v) is 5.76. The Morgan fingerprint density at radius 1 is 1.16 bits per heavy atom. The number of hydrazone groups is 1. The van der Waals surface area contributed by atoms with Crippen molar-refractivity contribution in [2.75, 3.05) is 0 Å². The number of nitrogens with one attached hydrogen (secondary N) is 2. The van der Waals surface area contributed by atoms with E-state index in [1.807, 2.05) is 42.5 Å². The maximum absolute atomic E-state index is 11.7. The highest BCUT2D eigenvalue weighted by Gasteiger charge is 2.10. The molecule has 0 aliphatic carbocycles. The van der Waals surface area contributed by atoms with Gasteiger partial charge in [-0.25, -0.2) is 4.83 Å². The van der Waals surface area contributed by atoms with Crippen molar-refractivity contribution in [3.63, 3.8) is 0 Å². The fourth-order valence-corrected chi connectivity index (χ4v) is 2.48. The van der Waals surface area contributed by atoms with E-state index in [0.717, 1.165) is 11.1 Å². The molecule has 7 nitrogen and oxygen atoms in total. The van der Waals surface area contributed by atoms with Crippen molar-refractivity contribution in [1.29, 1.82) is 0 Å². The summed E-state index contributed by atoms with van der Waals surface area (Å²) >= 11 is 0.706. The van der Waals surface area contributed by atoms with Crippen molar-refractivity contribution in [3.05, 3.63) is 60.2 Å². The first-order chi connectivity index (χ1) is 12.2. The first kappa shape index (κ1) is 16.7. The van der Waals surface area contributed by atoms with Crippen molar-refractivity contribution < 1.29 is 9.90 Å². The van der Waals surface area contributed by atoms with Crippen LogP contribution in [0.4, 0.5) is 10.5 Å². The molecule has 3 aromatic rings. The molecule has 1 heterocycles. The Balaban J connectivity index is 1.52. The monoisotopic (exact) mass is 353 g/mol. The number of aromatic amines is 1. The molecule has 25 heavy (non-hydrogen) atoms. The highest BCUT2D eigenvalue weighted by atomic mass is 32.2. The van der Waals surface area contributed by atoms with E-state index >= 15 is 0 Å². The largest absolute Gasteiger partial charge is 0.493 e. The number of hydrogen-bond acceptors (Lipinski definition) is 6. The summed E-state index contributed by atoms with van der Waals surface area (Å²) in [5.74, 6) is -0.128. The van der Waals surface area contributed by atoms with E-state index in [9.17, 15) is 9.90 Å². The van der Waals surface area contributed by atoms with Crippen LogP contribution in [0.1, 0.15) is 5.56 Å². The van der Waals surface area contributed by atoms with Crippen LogP contribution in [0.2, 0.25) is 0 Å². The predicted molar refractivity (Wildman–Crippen MR) is 99.2 cm³/mol. The average Bonchev–Trinajstić information content (AvgIpc) is 2.95. The summed E-state index contributed by atoms with van der Waals surface area (Å²) < 4.78 is 0. The minimum absolute atomic E-state index is 0.128. The molecule has 3 N–H and O–H groups in total. The normalized spacial score (nSPS) is 11.5. The van der Waals surface area contributed by atoms with E-state index in [-0.39, 0.29) is 11.6 Å². The molecule has 0 bridgehead atoms. The van der Waals surface area contributed by atoms with Crippen LogP contribution in [0, 0.1) is 0 Å². The summed E-state index contributed by atoms with van der Waals surface area (Å²) in [5.41, 5.74) is 2.08. The summed E-state index contributed by atoms with van der Waals surface area (Å²) in [6.45, 7) is 0. The van der Waals surface area contributed by atoms with Gasteiger partial charge in [-0.2, -0.15) is 5.10 Å². The zero-order valence-electron chi connectivity index (χ0n) is 13.1. The number of nitrogens with zero attached hydrogens (tertiary/aromatic N) is 3. The Labute approximate surface area is 148 Å². The van der Waals surface area contributed by atoms with E-state index in [2.05, 4.69) is 25.1 Å². The molecule has 3 rings (SSSR count). The van der Waals surface area contributed by atoms with Crippen molar-refractivity contribution in [2.45, 2.75) is 6.42 Å². The molecule has 8 heteroatoms. The number of aromatic nitrogens is 1. The van der Waals surface area contributed by atoms with Gasteiger partial charge in [0.2, 0.25) is 5.88 Å². The van der Waals surface area contributed by atoms with Gasteiger partial charge in [0.15, 0.2) is 5.69 Å². The maximum Gasteiger partial charge on any atom is 0.345 e. The first-order valence-electron chi connectivity index (χ1n) is 7.46. The molecule has 0 saturated heterocycles. The van der Waals surface area contributed by atoms with Crippen LogP contribution in [0.5, 0.6) is 5.88 Å². The maximum atomic E-state index is 11.7. The molecular weight excluding hydrogens is 338 g/mol. The Morgan fingerprint density at radius 2 is 1.92 bits per heavy atom. The van der Waals surface area contributed by atoms with Gasteiger partial charge in [-0.1, -0.05) is 53.6 Å². The average molecular weight is 353 g/mol. The molecule has 0 aliphatic rings. The van der Waals surface area contributed by atoms with Gasteiger partial charge in [0.05, 0.1) is 17.5 Å². The van der Waals surface area contributed by atoms with Gasteiger partial charge in [-0.3, -0.25) is 4.79 Å². The zero-order valence-corrected chi connectivity index (χ0v) is 13.9. The third kappa shape index (κ3) is 4.45. The van der Waals surface area contributed by atoms with E-state index in [1.165, 1.54) is 0 Å². The summed E-state index contributed by atoms with van der Waals surface area (Å²) in [4.78, 5) is 17.0. The van der Waals surface area contributed by atoms with E-state index in [0.29, 0.717) is 23.8 Å². The Kier molecular flexibility index (Phi) is 5.43. The van der Waals surface area contributed by atoms with Crippen molar-refractivity contribution in [3.8, 4) is 5.88 Å². The molecular formula is C17H15N5O2S. The van der Waals surface area contributed by atoms with Crippen LogP contribution in [0.25, 0.3) is 10.9 Å². The number of benzene rings is 2. The fraction of sp³-hybridized carbons (Fsp3) is 0.0588. The highest BCUT2D eigenvalue weighted by Crippen LogP contribution is 2.35. The van der Waals surface area contributed by atoms with Gasteiger partial charge in [0.1, 0.15) is 0 Å². The molecule has 0 fully saturated rings. The zero-order chi connectivity index (χ0) is 17.5. The van der Waals surface area contributed by atoms with Gasteiger partial charge in [-0.05, 0) is 11.6 Å². The standard InChI is InChI=1S/C17H15N5O2S/c23-16-15(13-8-4-5-9-14(13)19-16)20-21-17(24)25-22-18-11-10-12-6-2-1-3-7-12/h1-9,11,19,22-23H,10H2/b18-11+,21-20?. The Hall–Kier alpha value is -3.13. The number of amides is 1. The number of H-pyrrole nitrogens is 1. The Morgan fingerprint density at radius 3 is 2.76 bits per heavy atom. The number of carbonyl (C=O) groups is 1. The number of azo groups is 1. The topological polar surface area (TPSA) is 102 Å². The number of hydrogen-bond donors (Lipinski definition) is 3. The molecule has 126 valence electrons. The quantitative estimate of drug-likeness (QED) is 0.271. The summed E-state index contributed by atoms with van der Waals surface area (Å²) in [7, 11) is 0. The molecule has 1 aromatic heterocycles. The molecule has 0 aliphatic heterocycles. The van der Waals surface area contributed by atoms with Crippen LogP contribution in [-0.4, -0.2) is 21.5 Å². The van der Waals surface area contributed by atoms with Gasteiger partial charge in [0, 0.05) is 18.0 Å². The van der Waals surface area contributed by atoms with Gasteiger partial charge in [-0.15, -0.1) is 5.11 Å². The molecule has 0 radical (unpaired) electrons. The van der Waals surface area contributed by atoms with Gasteiger partial charge >= 0.3 is 5.24 Å². The molecule has 0 spiro atoms. The smallest absolute Gasteiger partial charge is 0.345 e. The first-order valence-corrected chi connectivity index (χ1v) is 8.28. The van der Waals surface area contributed by atoms with Crippen molar-refractivity contribution in [1.82, 2.24) is 9.82 Å². The molecule has 0 unspecified atom stereocenters. The number of fused-ring (bicyclic) bond motifs is 1. The second-order valence-electron chi connectivity index (χ2n) is 5.03. The van der Waals surface area contributed by atoms with Crippen LogP contribution in [0.15, 0.2) is 69.9 Å². The Bertz CT molecular complexity index is 921. The third-order valence-electron chi connectivity index (χ3n) is 3.34. The number of carbonyl (C=O) groups excluding carboxylic acids is 1. The van der Waals surface area contributed by atoms with Crippen LogP contribution in [0.3, 0.4) is 0 Å². The lowest BCUT2D eigenvalue weighted by Crippen LogP contribution is -1.98. The molecule has 1 amide bonds. The minimum atomic E-state index is -0.568. The number of aromatic hydroxyl groups is 1. The lowest BCUT2D eigenvalue weighted by atomic mass is 10.2. The second kappa shape index (κ2) is 8.11. The molecule has 0 saturated carbocycles. The molecule has 2 aromatic carbocycles. The van der Waals surface area contributed by atoms with Crippen LogP contribution >= 0.6 is 11.9 Å². The van der Waals surface area contributed by atoms with E-state index in [1.54, 1.807) is 18.3 Å². The van der Waals surface area contributed by atoms with Crippen molar-refractivity contribution >= 4 is 40.0 Å². The lowest BCUT2D eigenvalue weighted by Gasteiger charge is -1.95. The SMILES string of the molecule is O=C(N=Nc1c(O)[nH]c2ccccc12)SN/N=C/Cc1ccccc1. The number of rotatable bonds is 5. The van der Waals surface area contributed by atoms with Gasteiger partial charge in [0.25, 0.3) is 0 Å². The number of para-hydroxylation sites is 1. The molecule has 0 atom stereocenters. The van der Waals surface area contributed by atoms with Crippen LogP contribution < -0.4 is 4.83 Å². The summed E-state index contributed by atoms with van der Waals surface area (Å²) in [6, 6.07) is 17.1. The summed E-state index contributed by atoms with van der Waals surface area (Å²) in [5, 5.41) is 21.3. The fourth-order valence-electron chi connectivity index (χ4n) is 2.19. The van der Waals surface area contributed by atoms with Gasteiger partial charge < -0.3 is 10.1 Å². The lowest BCUT2D eigenvalue weighted by molar-refractivity contribution is 0.266. The third-order valence-corrected chi connectivity index (χ3v) is 3.79. The predicted octanol–water partition coefficient (Wildman–Crippen LogP) is 4.54. The minimum Gasteiger partial charge on any atom is -0.493 e. The highest BCUT2D eigenvalue weighted by molar-refractivity contribution is 8.11. The van der Waals surface area contributed by atoms with Crippen molar-refractivity contribution in [2.24, 2.45) is 15.3 Å².